The number of rotatable bonds is 2. The topological polar surface area (TPSA) is 69.8 Å². The van der Waals surface area contributed by atoms with Gasteiger partial charge in [0.25, 0.3) is 5.91 Å². The lowest BCUT2D eigenvalue weighted by atomic mass is 9.99. The van der Waals surface area contributed by atoms with Crippen LogP contribution in [0.3, 0.4) is 0 Å². The molecular weight excluding hydrogens is 252 g/mol. The number of amides is 1. The zero-order valence-corrected chi connectivity index (χ0v) is 11.2. The largest absolute Gasteiger partial charge is 0.348 e. The van der Waals surface area contributed by atoms with E-state index < -0.39 is 0 Å². The summed E-state index contributed by atoms with van der Waals surface area (Å²) < 4.78 is 0. The van der Waals surface area contributed by atoms with Crippen molar-refractivity contribution in [2.24, 2.45) is 0 Å². The first-order valence-corrected chi connectivity index (χ1v) is 7.29. The normalized spacial score (nSPS) is 28.7. The van der Waals surface area contributed by atoms with Gasteiger partial charge >= 0.3 is 0 Å². The quantitative estimate of drug-likeness (QED) is 0.776. The number of nitrogens with one attached hydrogen (secondary N) is 3. The number of piperidine rings is 1. The highest BCUT2D eigenvalue weighted by atomic mass is 16.2. The summed E-state index contributed by atoms with van der Waals surface area (Å²) in [6.45, 7) is 0. The van der Waals surface area contributed by atoms with Gasteiger partial charge in [0.2, 0.25) is 0 Å². The molecule has 3 heterocycles. The fraction of sp³-hybridized carbons (Fsp3) is 0.467. The second-order valence-corrected chi connectivity index (χ2v) is 5.90. The fourth-order valence-electron chi connectivity index (χ4n) is 3.57. The molecule has 2 aromatic rings. The van der Waals surface area contributed by atoms with Crippen LogP contribution in [0.4, 0.5) is 0 Å². The Morgan fingerprint density at radius 2 is 1.95 bits per heavy atom. The van der Waals surface area contributed by atoms with Gasteiger partial charge in [-0.2, -0.15) is 5.10 Å². The minimum Gasteiger partial charge on any atom is -0.348 e. The highest BCUT2D eigenvalue weighted by molar-refractivity contribution is 6.04. The molecule has 2 unspecified atom stereocenters. The molecular formula is C15H18N4O. The number of H-pyrrole nitrogens is 1. The molecule has 5 nitrogen and oxygen atoms in total. The molecule has 0 radical (unpaired) electrons. The number of carbonyl (C=O) groups is 1. The molecule has 1 aromatic heterocycles. The van der Waals surface area contributed by atoms with E-state index in [-0.39, 0.29) is 11.9 Å². The fourth-order valence-corrected chi connectivity index (χ4v) is 3.57. The van der Waals surface area contributed by atoms with Crippen molar-refractivity contribution in [1.82, 2.24) is 20.8 Å². The lowest BCUT2D eigenvalue weighted by Crippen LogP contribution is -2.48. The summed E-state index contributed by atoms with van der Waals surface area (Å²) in [5, 5.41) is 14.7. The molecule has 2 saturated heterocycles. The lowest BCUT2D eigenvalue weighted by Gasteiger charge is -2.29. The van der Waals surface area contributed by atoms with Crippen LogP contribution in [-0.4, -0.2) is 34.2 Å². The highest BCUT2D eigenvalue weighted by Gasteiger charge is 2.34. The van der Waals surface area contributed by atoms with E-state index in [0.717, 1.165) is 23.7 Å². The number of hydrogen-bond acceptors (Lipinski definition) is 3. The Kier molecular flexibility index (Phi) is 2.73. The molecule has 104 valence electrons. The smallest absolute Gasteiger partial charge is 0.272 e. The zero-order chi connectivity index (χ0) is 13.5. The highest BCUT2D eigenvalue weighted by Crippen LogP contribution is 2.27. The molecule has 0 saturated carbocycles. The van der Waals surface area contributed by atoms with Crippen molar-refractivity contribution in [2.45, 2.75) is 43.8 Å². The van der Waals surface area contributed by atoms with Gasteiger partial charge in [-0.1, -0.05) is 18.2 Å². The van der Waals surface area contributed by atoms with Gasteiger partial charge in [-0.05, 0) is 31.7 Å². The van der Waals surface area contributed by atoms with Crippen LogP contribution in [0, 0.1) is 0 Å². The number of para-hydroxylation sites is 1. The number of carbonyl (C=O) groups excluding carboxylic acids is 1. The van der Waals surface area contributed by atoms with E-state index in [1.54, 1.807) is 0 Å². The van der Waals surface area contributed by atoms with Gasteiger partial charge in [-0.3, -0.25) is 9.89 Å². The van der Waals surface area contributed by atoms with E-state index in [2.05, 4.69) is 20.8 Å². The predicted octanol–water partition coefficient (Wildman–Crippen LogP) is 1.58. The van der Waals surface area contributed by atoms with Gasteiger partial charge in [-0.25, -0.2) is 0 Å². The Bertz CT molecular complexity index is 638. The van der Waals surface area contributed by atoms with Crippen molar-refractivity contribution in [3.05, 3.63) is 30.0 Å². The molecule has 2 fully saturated rings. The Balaban J connectivity index is 1.53. The maximum atomic E-state index is 12.4. The lowest BCUT2D eigenvalue weighted by molar-refractivity contribution is 0.0920. The molecule has 3 N–H and O–H groups in total. The summed E-state index contributed by atoms with van der Waals surface area (Å²) in [7, 11) is 0. The van der Waals surface area contributed by atoms with E-state index in [9.17, 15) is 4.79 Å². The van der Waals surface area contributed by atoms with Gasteiger partial charge in [-0.15, -0.1) is 0 Å². The third-order valence-electron chi connectivity index (χ3n) is 4.49. The standard InChI is InChI=1S/C15H18N4O/c20-15(14-12-3-1-2-4-13(12)18-19-14)17-11-7-9-5-6-10(8-11)16-9/h1-4,9-11,16H,5-8H2,(H,17,20)(H,18,19). The number of nitrogens with zero attached hydrogens (tertiary/aromatic N) is 1. The number of aromatic nitrogens is 2. The van der Waals surface area contributed by atoms with Crippen LogP contribution >= 0.6 is 0 Å². The molecule has 2 aliphatic rings. The van der Waals surface area contributed by atoms with Crippen molar-refractivity contribution < 1.29 is 4.79 Å². The minimum absolute atomic E-state index is 0.0613. The number of hydrogen-bond donors (Lipinski definition) is 3. The van der Waals surface area contributed by atoms with E-state index in [1.807, 2.05) is 24.3 Å². The molecule has 2 aliphatic heterocycles. The van der Waals surface area contributed by atoms with Crippen LogP contribution in [0.5, 0.6) is 0 Å². The summed E-state index contributed by atoms with van der Waals surface area (Å²) in [5.41, 5.74) is 1.41. The predicted molar refractivity (Wildman–Crippen MR) is 76.5 cm³/mol. The van der Waals surface area contributed by atoms with Crippen molar-refractivity contribution in [3.63, 3.8) is 0 Å². The first kappa shape index (κ1) is 11.9. The second-order valence-electron chi connectivity index (χ2n) is 5.90. The average Bonchev–Trinajstić information content (AvgIpc) is 3.02. The third kappa shape index (κ3) is 1.98. The van der Waals surface area contributed by atoms with Gasteiger partial charge in [0.05, 0.1) is 5.52 Å². The summed E-state index contributed by atoms with van der Waals surface area (Å²) in [5.74, 6) is -0.0613. The van der Waals surface area contributed by atoms with E-state index >= 15 is 0 Å². The van der Waals surface area contributed by atoms with Gasteiger partial charge in [0, 0.05) is 23.5 Å². The Hall–Kier alpha value is -1.88. The van der Waals surface area contributed by atoms with Gasteiger partial charge in [0.1, 0.15) is 0 Å². The maximum absolute atomic E-state index is 12.4. The van der Waals surface area contributed by atoms with Crippen LogP contribution in [0.15, 0.2) is 24.3 Å². The molecule has 0 spiro atoms. The summed E-state index contributed by atoms with van der Waals surface area (Å²) in [4.78, 5) is 12.4. The number of benzene rings is 1. The molecule has 0 aliphatic carbocycles. The SMILES string of the molecule is O=C(NC1CC2CCC(C1)N2)c1n[nH]c2ccccc12. The summed E-state index contributed by atoms with van der Waals surface area (Å²) >= 11 is 0. The van der Waals surface area contributed by atoms with Crippen molar-refractivity contribution in [3.8, 4) is 0 Å². The van der Waals surface area contributed by atoms with Crippen molar-refractivity contribution in [1.29, 1.82) is 0 Å². The first-order chi connectivity index (χ1) is 9.79. The van der Waals surface area contributed by atoms with E-state index in [4.69, 9.17) is 0 Å². The molecule has 2 atom stereocenters. The summed E-state index contributed by atoms with van der Waals surface area (Å²) in [6, 6.07) is 9.16. The van der Waals surface area contributed by atoms with Crippen molar-refractivity contribution >= 4 is 16.8 Å². The van der Waals surface area contributed by atoms with Crippen LogP contribution in [0.1, 0.15) is 36.2 Å². The minimum atomic E-state index is -0.0613. The van der Waals surface area contributed by atoms with E-state index in [0.29, 0.717) is 17.8 Å². The van der Waals surface area contributed by atoms with Crippen LogP contribution in [-0.2, 0) is 0 Å². The van der Waals surface area contributed by atoms with Crippen LogP contribution < -0.4 is 10.6 Å². The second kappa shape index (κ2) is 4.59. The molecule has 4 rings (SSSR count). The Morgan fingerprint density at radius 1 is 1.20 bits per heavy atom. The van der Waals surface area contributed by atoms with E-state index in [1.165, 1.54) is 12.8 Å². The molecule has 2 bridgehead atoms. The monoisotopic (exact) mass is 270 g/mol. The molecule has 1 amide bonds. The van der Waals surface area contributed by atoms with Gasteiger partial charge < -0.3 is 10.6 Å². The summed E-state index contributed by atoms with van der Waals surface area (Å²) in [6.07, 6.45) is 4.54. The Morgan fingerprint density at radius 3 is 2.75 bits per heavy atom. The Labute approximate surface area is 117 Å². The number of fused-ring (bicyclic) bond motifs is 3. The van der Waals surface area contributed by atoms with Gasteiger partial charge in [0.15, 0.2) is 5.69 Å². The molecule has 20 heavy (non-hydrogen) atoms. The van der Waals surface area contributed by atoms with Crippen LogP contribution in [0.2, 0.25) is 0 Å². The van der Waals surface area contributed by atoms with Crippen molar-refractivity contribution in [2.75, 3.05) is 0 Å². The third-order valence-corrected chi connectivity index (χ3v) is 4.49. The number of aromatic amines is 1. The molecule has 5 heteroatoms. The zero-order valence-electron chi connectivity index (χ0n) is 11.2. The van der Waals surface area contributed by atoms with Crippen LogP contribution in [0.25, 0.3) is 10.9 Å². The first-order valence-electron chi connectivity index (χ1n) is 7.29. The molecule has 1 aromatic carbocycles. The maximum Gasteiger partial charge on any atom is 0.272 e. The average molecular weight is 270 g/mol.